The maximum atomic E-state index is 4.50. The predicted octanol–water partition coefficient (Wildman–Crippen LogP) is 2.22. The van der Waals surface area contributed by atoms with E-state index in [1.54, 1.807) is 0 Å². The summed E-state index contributed by atoms with van der Waals surface area (Å²) in [6.45, 7) is 6.43. The van der Waals surface area contributed by atoms with Crippen LogP contribution in [0.1, 0.15) is 15.7 Å². The van der Waals surface area contributed by atoms with E-state index in [1.165, 1.54) is 25.5 Å². The Labute approximate surface area is 78.2 Å². The van der Waals surface area contributed by atoms with E-state index in [9.17, 15) is 0 Å². The fourth-order valence-corrected chi connectivity index (χ4v) is 3.20. The summed E-state index contributed by atoms with van der Waals surface area (Å²) in [6.07, 6.45) is 0. The molecule has 1 nitrogen and oxygen atoms in total. The molecule has 2 heteroatoms. The number of hydrogen-bond donors (Lipinski definition) is 0. The number of hydrogen-bond acceptors (Lipinski definition) is 1. The minimum absolute atomic E-state index is 0.494. The number of rotatable bonds is 0. The average Bonchev–Trinajstić information content (AvgIpc) is 2.30. The van der Waals surface area contributed by atoms with Gasteiger partial charge in [-0.1, -0.05) is 0 Å². The van der Waals surface area contributed by atoms with E-state index in [4.69, 9.17) is 0 Å². The van der Waals surface area contributed by atoms with Gasteiger partial charge in [-0.05, 0) is 0 Å². The van der Waals surface area contributed by atoms with Crippen LogP contribution < -0.4 is 0 Å². The van der Waals surface area contributed by atoms with Crippen molar-refractivity contribution < 1.29 is 0 Å². The first-order valence-corrected chi connectivity index (χ1v) is 5.72. The molecule has 0 unspecified atom stereocenters. The molecule has 0 radical (unpaired) electrons. The Morgan fingerprint density at radius 1 is 1.08 bits per heavy atom. The zero-order valence-corrected chi connectivity index (χ0v) is 9.22. The van der Waals surface area contributed by atoms with Crippen molar-refractivity contribution in [2.24, 2.45) is 0 Å². The van der Waals surface area contributed by atoms with Gasteiger partial charge in [-0.3, -0.25) is 0 Å². The normalized spacial score (nSPS) is 10.9. The van der Waals surface area contributed by atoms with E-state index in [-0.39, 0.29) is 0 Å². The third-order valence-electron chi connectivity index (χ3n) is 2.11. The second-order valence-corrected chi connectivity index (χ2v) is 5.73. The summed E-state index contributed by atoms with van der Waals surface area (Å²) in [7, 11) is 0. The van der Waals surface area contributed by atoms with Crippen LogP contribution in [0.25, 0.3) is 9.78 Å². The van der Waals surface area contributed by atoms with Gasteiger partial charge in [0.25, 0.3) is 0 Å². The molecule has 62 valence electrons. The summed E-state index contributed by atoms with van der Waals surface area (Å²) in [5, 5.41) is 0. The maximum absolute atomic E-state index is 4.50. The molecule has 0 aliphatic rings. The fraction of sp³-hybridized carbons (Fsp3) is 0.300. The molecule has 0 amide bonds. The van der Waals surface area contributed by atoms with Crippen LogP contribution in [0.2, 0.25) is 0 Å². The molecule has 2 rings (SSSR count). The van der Waals surface area contributed by atoms with E-state index in [1.807, 2.05) is 0 Å². The van der Waals surface area contributed by atoms with Crippen LogP contribution in [0.3, 0.4) is 0 Å². The Morgan fingerprint density at radius 3 is 2.50 bits per heavy atom. The minimum atomic E-state index is 0.494. The Morgan fingerprint density at radius 2 is 1.75 bits per heavy atom. The van der Waals surface area contributed by atoms with Gasteiger partial charge >= 0.3 is 77.9 Å². The predicted molar refractivity (Wildman–Crippen MR) is 52.9 cm³/mol. The third kappa shape index (κ3) is 1.21. The van der Waals surface area contributed by atoms with E-state index in [2.05, 4.69) is 37.9 Å². The fourth-order valence-electron chi connectivity index (χ4n) is 1.30. The molecule has 0 bridgehead atoms. The molecule has 0 atom stereocenters. The zero-order valence-electron chi connectivity index (χ0n) is 7.51. The van der Waals surface area contributed by atoms with Gasteiger partial charge in [-0.2, -0.15) is 0 Å². The third-order valence-corrected chi connectivity index (χ3v) is 4.07. The Kier molecular flexibility index (Phi) is 1.82. The molecule has 0 spiro atoms. The first-order chi connectivity index (χ1) is 5.66. The van der Waals surface area contributed by atoms with Crippen molar-refractivity contribution >= 4 is 24.3 Å². The van der Waals surface area contributed by atoms with Gasteiger partial charge < -0.3 is 0 Å². The van der Waals surface area contributed by atoms with E-state index in [0.29, 0.717) is 14.5 Å². The summed E-state index contributed by atoms with van der Waals surface area (Å²) in [5.41, 5.74) is 3.94. The second kappa shape index (κ2) is 2.72. The van der Waals surface area contributed by atoms with Crippen molar-refractivity contribution in [2.45, 2.75) is 20.8 Å². The van der Waals surface area contributed by atoms with E-state index in [0.717, 1.165) is 0 Å². The van der Waals surface area contributed by atoms with Crippen molar-refractivity contribution in [3.63, 3.8) is 0 Å². The average molecular weight is 224 g/mol. The summed E-state index contributed by atoms with van der Waals surface area (Å²) in [5.74, 6) is 0. The quantitative estimate of drug-likeness (QED) is 0.625. The molecule has 0 saturated heterocycles. The van der Waals surface area contributed by atoms with Crippen LogP contribution in [0, 0.1) is 20.8 Å². The van der Waals surface area contributed by atoms with Crippen molar-refractivity contribution in [1.82, 2.24) is 4.98 Å². The van der Waals surface area contributed by atoms with Crippen molar-refractivity contribution in [1.29, 1.82) is 0 Å². The molecule has 0 saturated carbocycles. The van der Waals surface area contributed by atoms with Crippen LogP contribution in [0.4, 0.5) is 0 Å². The molecule has 0 aliphatic heterocycles. The van der Waals surface area contributed by atoms with Crippen molar-refractivity contribution in [3.8, 4) is 0 Å². The first-order valence-electron chi connectivity index (χ1n) is 4.01. The molecule has 2 aromatic rings. The van der Waals surface area contributed by atoms with Crippen molar-refractivity contribution in [2.75, 3.05) is 0 Å². The van der Waals surface area contributed by atoms with Gasteiger partial charge in [0.1, 0.15) is 0 Å². The Balaban J connectivity index is 2.83. The number of aryl methyl sites for hydroxylation is 3. The van der Waals surface area contributed by atoms with Crippen LogP contribution in [0.15, 0.2) is 12.1 Å². The number of fused-ring (bicyclic) bond motifs is 1. The monoisotopic (exact) mass is 225 g/mol. The molecule has 0 aliphatic carbocycles. The topological polar surface area (TPSA) is 12.9 Å². The van der Waals surface area contributed by atoms with Crippen molar-refractivity contribution in [3.05, 3.63) is 27.8 Å². The van der Waals surface area contributed by atoms with Gasteiger partial charge in [0.2, 0.25) is 0 Å². The van der Waals surface area contributed by atoms with Gasteiger partial charge in [-0.15, -0.1) is 0 Å². The summed E-state index contributed by atoms with van der Waals surface area (Å²) in [4.78, 5) is 4.50. The summed E-state index contributed by atoms with van der Waals surface area (Å²) < 4.78 is 2.74. The van der Waals surface area contributed by atoms with E-state index >= 15 is 0 Å². The standard InChI is InChI=1S/C10H11NSe/c1-6-4-9-10(5-7(6)2)12-8(3)11-9/h4-5H,1-3H3. The molecule has 0 fully saturated rings. The van der Waals surface area contributed by atoms with Gasteiger partial charge in [-0.25, -0.2) is 0 Å². The van der Waals surface area contributed by atoms with Crippen LogP contribution in [-0.2, 0) is 0 Å². The van der Waals surface area contributed by atoms with Crippen LogP contribution >= 0.6 is 0 Å². The van der Waals surface area contributed by atoms with Crippen LogP contribution in [0.5, 0.6) is 0 Å². The Bertz CT molecular complexity index is 390. The van der Waals surface area contributed by atoms with Gasteiger partial charge in [0.05, 0.1) is 0 Å². The zero-order chi connectivity index (χ0) is 8.72. The molecule has 1 heterocycles. The number of nitrogens with zero attached hydrogens (tertiary/aromatic N) is 1. The van der Waals surface area contributed by atoms with E-state index < -0.39 is 0 Å². The second-order valence-electron chi connectivity index (χ2n) is 3.14. The summed E-state index contributed by atoms with van der Waals surface area (Å²) in [6, 6.07) is 4.48. The summed E-state index contributed by atoms with van der Waals surface area (Å²) >= 11 is 0.494. The molecular formula is C10H11NSe. The molecular weight excluding hydrogens is 213 g/mol. The Hall–Kier alpha value is -0.591. The SMILES string of the molecule is Cc1nc2cc(C)c(C)cc2[se]1. The molecule has 1 aromatic heterocycles. The van der Waals surface area contributed by atoms with Crippen LogP contribution in [-0.4, -0.2) is 19.5 Å². The van der Waals surface area contributed by atoms with Gasteiger partial charge in [0.15, 0.2) is 0 Å². The first kappa shape index (κ1) is 8.03. The number of benzene rings is 1. The number of aromatic nitrogens is 1. The molecule has 12 heavy (non-hydrogen) atoms. The molecule has 1 aromatic carbocycles. The molecule has 0 N–H and O–H groups in total. The van der Waals surface area contributed by atoms with Gasteiger partial charge in [0, 0.05) is 0 Å².